The highest BCUT2D eigenvalue weighted by molar-refractivity contribution is 7.89. The van der Waals surface area contributed by atoms with Crippen LogP contribution < -0.4 is 5.32 Å². The Balaban J connectivity index is 2.27. The summed E-state index contributed by atoms with van der Waals surface area (Å²) >= 11 is 0. The van der Waals surface area contributed by atoms with Crippen molar-refractivity contribution < 1.29 is 18.4 Å². The van der Waals surface area contributed by atoms with Gasteiger partial charge in [-0.3, -0.25) is 0 Å². The largest absolute Gasteiger partial charge is 0.390 e. The van der Waals surface area contributed by atoms with Gasteiger partial charge in [-0.15, -0.1) is 0 Å². The Bertz CT molecular complexity index is 603. The fraction of sp³-hybridized carbons (Fsp3) is 0.500. The third-order valence-electron chi connectivity index (χ3n) is 3.20. The Hall–Kier alpha value is -1.62. The first-order chi connectivity index (χ1) is 9.34. The number of sulfonamides is 1. The van der Waals surface area contributed by atoms with E-state index in [9.17, 15) is 23.6 Å². The number of aliphatic hydroxyl groups excluding tert-OH is 1. The lowest BCUT2D eigenvalue weighted by atomic mass is 10.2. The molecule has 2 N–H and O–H groups in total. The number of aliphatic hydroxyl groups is 1. The molecule has 1 aromatic heterocycles. The van der Waals surface area contributed by atoms with E-state index in [0.717, 1.165) is 22.6 Å². The quantitative estimate of drug-likeness (QED) is 0.536. The number of hydrogen-bond acceptors (Lipinski definition) is 7. The average Bonchev–Trinajstić information content (AvgIpc) is 2.84. The molecule has 0 spiro atoms. The molecule has 2 rings (SSSR count). The topological polar surface area (TPSA) is 126 Å². The second-order valence-corrected chi connectivity index (χ2v) is 6.42. The van der Waals surface area contributed by atoms with Crippen LogP contribution in [0.25, 0.3) is 0 Å². The van der Waals surface area contributed by atoms with E-state index in [-0.39, 0.29) is 4.90 Å². The van der Waals surface area contributed by atoms with E-state index >= 15 is 0 Å². The molecule has 1 aliphatic rings. The van der Waals surface area contributed by atoms with Crippen LogP contribution in [0.15, 0.2) is 23.2 Å². The molecule has 1 fully saturated rings. The van der Waals surface area contributed by atoms with Crippen LogP contribution >= 0.6 is 0 Å². The van der Waals surface area contributed by atoms with E-state index in [1.54, 1.807) is 0 Å². The number of likely N-dealkylation sites (N-methyl/N-ethyl adjacent to an activating group) is 1. The summed E-state index contributed by atoms with van der Waals surface area (Å²) in [7, 11) is -2.49. The van der Waals surface area contributed by atoms with E-state index in [1.807, 2.05) is 0 Å². The van der Waals surface area contributed by atoms with Crippen molar-refractivity contribution in [3.8, 4) is 0 Å². The summed E-state index contributed by atoms with van der Waals surface area (Å²) in [5.74, 6) is -0.422. The van der Waals surface area contributed by atoms with Gasteiger partial charge in [0, 0.05) is 26.2 Å². The number of rotatable bonds is 4. The van der Waals surface area contributed by atoms with Crippen molar-refractivity contribution in [2.45, 2.75) is 17.0 Å². The van der Waals surface area contributed by atoms with Gasteiger partial charge in [-0.2, -0.15) is 4.31 Å². The van der Waals surface area contributed by atoms with Gasteiger partial charge in [-0.1, -0.05) is 0 Å². The molecule has 1 saturated heterocycles. The van der Waals surface area contributed by atoms with E-state index in [1.165, 1.54) is 7.05 Å². The molecule has 2 atom stereocenters. The number of aromatic nitrogens is 1. The molecule has 0 aromatic carbocycles. The second kappa shape index (κ2) is 5.40. The normalized spacial score (nSPS) is 23.1. The summed E-state index contributed by atoms with van der Waals surface area (Å²) in [6, 6.07) is 1.59. The van der Waals surface area contributed by atoms with Crippen LogP contribution in [0.5, 0.6) is 0 Å². The molecule has 0 unspecified atom stereocenters. The molecule has 2 heterocycles. The van der Waals surface area contributed by atoms with Gasteiger partial charge in [0.25, 0.3) is 0 Å². The van der Waals surface area contributed by atoms with Gasteiger partial charge in [-0.25, -0.2) is 8.42 Å². The first-order valence-electron chi connectivity index (χ1n) is 5.81. The highest BCUT2D eigenvalue weighted by Crippen LogP contribution is 2.20. The first-order valence-corrected chi connectivity index (χ1v) is 7.25. The minimum atomic E-state index is -3.85. The third kappa shape index (κ3) is 2.63. The van der Waals surface area contributed by atoms with Gasteiger partial charge < -0.3 is 20.5 Å². The molecule has 1 aliphatic heterocycles. The van der Waals surface area contributed by atoms with Crippen molar-refractivity contribution in [2.24, 2.45) is 0 Å². The Labute approximate surface area is 115 Å². The standard InChI is InChI=1S/C10H14N4O5S/c1-13(8-5-11-6-9(8)15)20(18,19)7-2-3-10(12-4-7)14(16)17/h2-4,8-9,11,15H,5-6H2,1H3/t8-,9-/m1/s1. The molecule has 110 valence electrons. The molecule has 1 aromatic rings. The summed E-state index contributed by atoms with van der Waals surface area (Å²) < 4.78 is 25.7. The van der Waals surface area contributed by atoms with Crippen molar-refractivity contribution in [2.75, 3.05) is 20.1 Å². The van der Waals surface area contributed by atoms with Gasteiger partial charge in [0.05, 0.1) is 12.1 Å². The van der Waals surface area contributed by atoms with Gasteiger partial charge in [0.1, 0.15) is 4.90 Å². The zero-order valence-corrected chi connectivity index (χ0v) is 11.4. The third-order valence-corrected chi connectivity index (χ3v) is 5.07. The maximum atomic E-state index is 12.3. The van der Waals surface area contributed by atoms with E-state index < -0.39 is 32.9 Å². The molecule has 0 bridgehead atoms. The lowest BCUT2D eigenvalue weighted by Crippen LogP contribution is -2.44. The predicted molar refractivity (Wildman–Crippen MR) is 68.5 cm³/mol. The minimum Gasteiger partial charge on any atom is -0.390 e. The first kappa shape index (κ1) is 14.8. The van der Waals surface area contributed by atoms with Gasteiger partial charge in [0.15, 0.2) is 6.20 Å². The molecule has 9 nitrogen and oxygen atoms in total. The Kier molecular flexibility index (Phi) is 3.99. The second-order valence-electron chi connectivity index (χ2n) is 4.42. The summed E-state index contributed by atoms with van der Waals surface area (Å²) in [5, 5.41) is 23.1. The van der Waals surface area contributed by atoms with Gasteiger partial charge >= 0.3 is 5.82 Å². The van der Waals surface area contributed by atoms with Crippen LogP contribution in [0.4, 0.5) is 5.82 Å². The van der Waals surface area contributed by atoms with Crippen molar-refractivity contribution in [1.29, 1.82) is 0 Å². The number of hydrogen-bond donors (Lipinski definition) is 2. The summed E-state index contributed by atoms with van der Waals surface area (Å²) in [6.45, 7) is 0.667. The minimum absolute atomic E-state index is 0.148. The monoisotopic (exact) mass is 302 g/mol. The van der Waals surface area contributed by atoms with E-state index in [2.05, 4.69) is 10.3 Å². The number of pyridine rings is 1. The maximum absolute atomic E-state index is 12.3. The Morgan fingerprint density at radius 3 is 2.65 bits per heavy atom. The van der Waals surface area contributed by atoms with Crippen LogP contribution in [-0.4, -0.2) is 60.0 Å². The van der Waals surface area contributed by atoms with Crippen LogP contribution in [0, 0.1) is 10.1 Å². The number of β-amino-alcohol motifs (C(OH)–C–C–N with tert-alkyl or cyclic N) is 1. The smallest absolute Gasteiger partial charge is 0.363 e. The van der Waals surface area contributed by atoms with E-state index in [0.29, 0.717) is 13.1 Å². The van der Waals surface area contributed by atoms with Crippen LogP contribution in [-0.2, 0) is 10.0 Å². The number of nitrogens with one attached hydrogen (secondary N) is 1. The molecule has 20 heavy (non-hydrogen) atoms. The van der Waals surface area contributed by atoms with Crippen LogP contribution in [0.2, 0.25) is 0 Å². The number of nitrogens with zero attached hydrogens (tertiary/aromatic N) is 3. The fourth-order valence-electron chi connectivity index (χ4n) is 2.00. The molecular formula is C10H14N4O5S. The van der Waals surface area contributed by atoms with E-state index in [4.69, 9.17) is 0 Å². The van der Waals surface area contributed by atoms with Crippen molar-refractivity contribution in [3.63, 3.8) is 0 Å². The Morgan fingerprint density at radius 1 is 1.50 bits per heavy atom. The lowest BCUT2D eigenvalue weighted by molar-refractivity contribution is -0.389. The summed E-state index contributed by atoms with van der Waals surface area (Å²) in [5.41, 5.74) is 0. The summed E-state index contributed by atoms with van der Waals surface area (Å²) in [4.78, 5) is 13.1. The zero-order chi connectivity index (χ0) is 14.9. The molecule has 0 amide bonds. The van der Waals surface area contributed by atoms with Crippen molar-refractivity contribution in [3.05, 3.63) is 28.4 Å². The number of nitro groups is 1. The Morgan fingerprint density at radius 2 is 2.20 bits per heavy atom. The summed E-state index contributed by atoms with van der Waals surface area (Å²) in [6.07, 6.45) is 0.152. The van der Waals surface area contributed by atoms with Gasteiger partial charge in [-0.05, 0) is 16.0 Å². The van der Waals surface area contributed by atoms with Crippen LogP contribution in [0.3, 0.4) is 0 Å². The maximum Gasteiger partial charge on any atom is 0.363 e. The van der Waals surface area contributed by atoms with Gasteiger partial charge in [0.2, 0.25) is 10.0 Å². The molecule has 0 aliphatic carbocycles. The molecular weight excluding hydrogens is 288 g/mol. The lowest BCUT2D eigenvalue weighted by Gasteiger charge is -2.25. The van der Waals surface area contributed by atoms with Crippen molar-refractivity contribution >= 4 is 15.8 Å². The average molecular weight is 302 g/mol. The fourth-order valence-corrected chi connectivity index (χ4v) is 3.33. The van der Waals surface area contributed by atoms with Crippen LogP contribution in [0.1, 0.15) is 0 Å². The highest BCUT2D eigenvalue weighted by Gasteiger charge is 2.36. The molecule has 0 saturated carbocycles. The highest BCUT2D eigenvalue weighted by atomic mass is 32.2. The molecule has 0 radical (unpaired) electrons. The molecule has 10 heteroatoms. The zero-order valence-electron chi connectivity index (χ0n) is 10.6. The predicted octanol–water partition coefficient (Wildman–Crippen LogP) is -1.06. The SMILES string of the molecule is CN([C@@H]1CNC[C@H]1O)S(=O)(=O)c1ccc([N+](=O)[O-])nc1. The van der Waals surface area contributed by atoms with Crippen molar-refractivity contribution in [1.82, 2.24) is 14.6 Å².